The van der Waals surface area contributed by atoms with E-state index in [1.807, 2.05) is 50.2 Å². The second kappa shape index (κ2) is 8.90. The van der Waals surface area contributed by atoms with Gasteiger partial charge in [0.15, 0.2) is 0 Å². The highest BCUT2D eigenvalue weighted by molar-refractivity contribution is 7.92. The van der Waals surface area contributed by atoms with Crippen molar-refractivity contribution in [1.29, 1.82) is 0 Å². The first-order valence-electron chi connectivity index (χ1n) is 8.72. The molecular weight excluding hydrogens is 364 g/mol. The van der Waals surface area contributed by atoms with Gasteiger partial charge in [0.05, 0.1) is 25.1 Å². The number of methoxy groups -OCH3 is 1. The number of nitrogens with one attached hydrogen (secondary N) is 1. The molecule has 0 radical (unpaired) electrons. The second-order valence-electron chi connectivity index (χ2n) is 6.41. The molecule has 146 valence electrons. The lowest BCUT2D eigenvalue weighted by atomic mass is 10.0. The van der Waals surface area contributed by atoms with Crippen LogP contribution in [0.15, 0.2) is 48.5 Å². The smallest absolute Gasteiger partial charge is 0.241 e. The highest BCUT2D eigenvalue weighted by atomic mass is 32.2. The third-order valence-electron chi connectivity index (χ3n) is 4.27. The normalized spacial score (nSPS) is 12.3. The van der Waals surface area contributed by atoms with Gasteiger partial charge < -0.3 is 10.1 Å². The minimum Gasteiger partial charge on any atom is -0.497 e. The van der Waals surface area contributed by atoms with Crippen molar-refractivity contribution < 1.29 is 17.9 Å². The van der Waals surface area contributed by atoms with E-state index in [1.165, 1.54) is 0 Å². The Morgan fingerprint density at radius 1 is 1.11 bits per heavy atom. The Labute approximate surface area is 161 Å². The predicted octanol–water partition coefficient (Wildman–Crippen LogP) is 3.04. The van der Waals surface area contributed by atoms with Gasteiger partial charge in [-0.3, -0.25) is 9.10 Å². The van der Waals surface area contributed by atoms with Crippen LogP contribution in [-0.2, 0) is 14.8 Å². The standard InChI is InChI=1S/C20H26N2O4S/c1-5-19(16-8-12-18(26-3)13-9-16)21-20(23)14-22(27(4,24)25)17-10-6-15(2)7-11-17/h6-13,19H,5,14H2,1-4H3,(H,21,23)/t19-/m0/s1. The molecule has 0 aromatic heterocycles. The molecular formula is C20H26N2O4S. The van der Waals surface area contributed by atoms with Crippen molar-refractivity contribution in [2.45, 2.75) is 26.3 Å². The highest BCUT2D eigenvalue weighted by Crippen LogP contribution is 2.21. The number of ether oxygens (including phenoxy) is 1. The monoisotopic (exact) mass is 390 g/mol. The molecule has 0 aliphatic rings. The molecule has 2 aromatic carbocycles. The molecule has 7 heteroatoms. The van der Waals surface area contributed by atoms with Gasteiger partial charge in [0.2, 0.25) is 15.9 Å². The third-order valence-corrected chi connectivity index (χ3v) is 5.41. The summed E-state index contributed by atoms with van der Waals surface area (Å²) in [4.78, 5) is 12.6. The van der Waals surface area contributed by atoms with Crippen molar-refractivity contribution in [3.05, 3.63) is 59.7 Å². The van der Waals surface area contributed by atoms with E-state index < -0.39 is 10.0 Å². The number of carbonyl (C=O) groups is 1. The summed E-state index contributed by atoms with van der Waals surface area (Å²) in [6.07, 6.45) is 1.78. The maximum Gasteiger partial charge on any atom is 0.241 e. The van der Waals surface area contributed by atoms with Crippen LogP contribution < -0.4 is 14.4 Å². The number of aryl methyl sites for hydroxylation is 1. The zero-order valence-electron chi connectivity index (χ0n) is 16.1. The summed E-state index contributed by atoms with van der Waals surface area (Å²) < 4.78 is 30.6. The Hall–Kier alpha value is -2.54. The molecule has 0 heterocycles. The topological polar surface area (TPSA) is 75.7 Å². The Kier molecular flexibility index (Phi) is 6.85. The van der Waals surface area contributed by atoms with E-state index in [4.69, 9.17) is 4.74 Å². The fraction of sp³-hybridized carbons (Fsp3) is 0.350. The van der Waals surface area contributed by atoms with Crippen LogP contribution in [0.5, 0.6) is 5.75 Å². The summed E-state index contributed by atoms with van der Waals surface area (Å²) in [5, 5.41) is 2.92. The van der Waals surface area contributed by atoms with E-state index in [1.54, 1.807) is 19.2 Å². The predicted molar refractivity (Wildman–Crippen MR) is 108 cm³/mol. The number of nitrogens with zero attached hydrogens (tertiary/aromatic N) is 1. The van der Waals surface area contributed by atoms with Gasteiger partial charge in [0, 0.05) is 0 Å². The second-order valence-corrected chi connectivity index (χ2v) is 8.31. The van der Waals surface area contributed by atoms with Crippen molar-refractivity contribution in [3.63, 3.8) is 0 Å². The first-order valence-corrected chi connectivity index (χ1v) is 10.6. The van der Waals surface area contributed by atoms with E-state index in [9.17, 15) is 13.2 Å². The fourth-order valence-electron chi connectivity index (χ4n) is 2.74. The fourth-order valence-corrected chi connectivity index (χ4v) is 3.60. The van der Waals surface area contributed by atoms with E-state index in [0.717, 1.165) is 27.4 Å². The number of rotatable bonds is 8. The molecule has 0 spiro atoms. The largest absolute Gasteiger partial charge is 0.497 e. The van der Waals surface area contributed by atoms with Gasteiger partial charge in [0.1, 0.15) is 12.3 Å². The number of amides is 1. The summed E-state index contributed by atoms with van der Waals surface area (Å²) in [5.41, 5.74) is 2.42. The van der Waals surface area contributed by atoms with Gasteiger partial charge >= 0.3 is 0 Å². The number of carbonyl (C=O) groups excluding carboxylic acids is 1. The van der Waals surface area contributed by atoms with Crippen molar-refractivity contribution in [2.75, 3.05) is 24.2 Å². The third kappa shape index (κ3) is 5.72. The molecule has 0 fully saturated rings. The molecule has 1 atom stereocenters. The Morgan fingerprint density at radius 2 is 1.70 bits per heavy atom. The van der Waals surface area contributed by atoms with Gasteiger partial charge in [-0.25, -0.2) is 8.42 Å². The van der Waals surface area contributed by atoms with Crippen LogP contribution in [0.25, 0.3) is 0 Å². The molecule has 2 aromatic rings. The van der Waals surface area contributed by atoms with Crippen molar-refractivity contribution in [2.24, 2.45) is 0 Å². The minimum absolute atomic E-state index is 0.206. The van der Waals surface area contributed by atoms with Crippen molar-refractivity contribution >= 4 is 21.6 Å². The van der Waals surface area contributed by atoms with E-state index >= 15 is 0 Å². The lowest BCUT2D eigenvalue weighted by molar-refractivity contribution is -0.120. The Morgan fingerprint density at radius 3 is 2.19 bits per heavy atom. The van der Waals surface area contributed by atoms with Gasteiger partial charge in [-0.05, 0) is 43.2 Å². The van der Waals surface area contributed by atoms with Crippen molar-refractivity contribution in [3.8, 4) is 5.75 Å². The van der Waals surface area contributed by atoms with Crippen LogP contribution in [0.2, 0.25) is 0 Å². The average molecular weight is 391 g/mol. The lowest BCUT2D eigenvalue weighted by Crippen LogP contribution is -2.41. The first kappa shape index (κ1) is 20.8. The van der Waals surface area contributed by atoms with Gasteiger partial charge in [-0.2, -0.15) is 0 Å². The summed E-state index contributed by atoms with van der Waals surface area (Å²) in [6.45, 7) is 3.61. The van der Waals surface area contributed by atoms with Gasteiger partial charge in [-0.1, -0.05) is 36.8 Å². The van der Waals surface area contributed by atoms with Crippen LogP contribution >= 0.6 is 0 Å². The molecule has 6 nitrogen and oxygen atoms in total. The molecule has 2 rings (SSSR count). The van der Waals surface area contributed by atoms with Crippen LogP contribution in [0, 0.1) is 6.92 Å². The number of anilines is 1. The van der Waals surface area contributed by atoms with E-state index in [2.05, 4.69) is 5.32 Å². The Balaban J connectivity index is 2.15. The van der Waals surface area contributed by atoms with E-state index in [0.29, 0.717) is 12.1 Å². The molecule has 0 unspecified atom stereocenters. The molecule has 27 heavy (non-hydrogen) atoms. The quantitative estimate of drug-likeness (QED) is 0.752. The van der Waals surface area contributed by atoms with Gasteiger partial charge in [0.25, 0.3) is 0 Å². The van der Waals surface area contributed by atoms with E-state index in [-0.39, 0.29) is 18.5 Å². The maximum atomic E-state index is 12.6. The molecule has 0 saturated heterocycles. The summed E-state index contributed by atoms with van der Waals surface area (Å²) >= 11 is 0. The number of hydrogen-bond acceptors (Lipinski definition) is 4. The van der Waals surface area contributed by atoms with Crippen LogP contribution in [0.1, 0.15) is 30.5 Å². The lowest BCUT2D eigenvalue weighted by Gasteiger charge is -2.24. The zero-order chi connectivity index (χ0) is 20.0. The SMILES string of the molecule is CC[C@H](NC(=O)CN(c1ccc(C)cc1)S(C)(=O)=O)c1ccc(OC)cc1. The molecule has 0 aliphatic carbocycles. The number of sulfonamides is 1. The highest BCUT2D eigenvalue weighted by Gasteiger charge is 2.22. The van der Waals surface area contributed by atoms with Crippen LogP contribution in [0.4, 0.5) is 5.69 Å². The maximum absolute atomic E-state index is 12.6. The van der Waals surface area contributed by atoms with Crippen molar-refractivity contribution in [1.82, 2.24) is 5.32 Å². The summed E-state index contributed by atoms with van der Waals surface area (Å²) in [5.74, 6) is 0.381. The number of benzene rings is 2. The van der Waals surface area contributed by atoms with Crippen LogP contribution in [-0.4, -0.2) is 34.2 Å². The molecule has 0 saturated carbocycles. The van der Waals surface area contributed by atoms with Gasteiger partial charge in [-0.15, -0.1) is 0 Å². The summed E-state index contributed by atoms with van der Waals surface area (Å²) in [6, 6.07) is 14.3. The molecule has 1 amide bonds. The zero-order valence-corrected chi connectivity index (χ0v) is 16.9. The molecule has 0 aliphatic heterocycles. The van der Waals surface area contributed by atoms with Crippen LogP contribution in [0.3, 0.4) is 0 Å². The average Bonchev–Trinajstić information content (AvgIpc) is 2.64. The minimum atomic E-state index is -3.59. The summed E-state index contributed by atoms with van der Waals surface area (Å²) in [7, 11) is -1.99. The molecule has 1 N–H and O–H groups in total. The first-order chi connectivity index (χ1) is 12.7. The number of hydrogen-bond donors (Lipinski definition) is 1. The Bertz CT molecular complexity index is 862. The molecule has 0 bridgehead atoms.